The topological polar surface area (TPSA) is 62.8 Å². The van der Waals surface area contributed by atoms with Crippen LogP contribution in [0, 0.1) is 0 Å². The number of para-hydroxylation sites is 1. The number of ether oxygens (including phenoxy) is 2. The third-order valence-electron chi connectivity index (χ3n) is 4.71. The van der Waals surface area contributed by atoms with E-state index < -0.39 is 0 Å². The van der Waals surface area contributed by atoms with Crippen molar-refractivity contribution in [1.82, 2.24) is 15.5 Å². The predicted octanol–water partition coefficient (Wildman–Crippen LogP) is 2.31. The molecule has 1 aromatic carbocycles. The fourth-order valence-corrected chi connectivity index (χ4v) is 3.52. The van der Waals surface area contributed by atoms with Gasteiger partial charge in [0.15, 0.2) is 0 Å². The van der Waals surface area contributed by atoms with Gasteiger partial charge in [0.05, 0.1) is 24.9 Å². The smallest absolute Gasteiger partial charge is 0.315 e. The second-order valence-electron chi connectivity index (χ2n) is 7.37. The zero-order valence-electron chi connectivity index (χ0n) is 15.2. The average molecular weight is 347 g/mol. The van der Waals surface area contributed by atoms with Gasteiger partial charge in [0.2, 0.25) is 0 Å². The molecule has 2 N–H and O–H groups in total. The van der Waals surface area contributed by atoms with Crippen LogP contribution in [0.5, 0.6) is 5.75 Å². The number of benzene rings is 1. The van der Waals surface area contributed by atoms with Gasteiger partial charge in [0, 0.05) is 31.7 Å². The molecule has 0 aromatic heterocycles. The summed E-state index contributed by atoms with van der Waals surface area (Å²) in [6, 6.07) is 7.83. The summed E-state index contributed by atoms with van der Waals surface area (Å²) in [6.45, 7) is 8.93. The molecule has 25 heavy (non-hydrogen) atoms. The van der Waals surface area contributed by atoms with Crippen LogP contribution in [-0.2, 0) is 4.74 Å². The number of hydrogen-bond acceptors (Lipinski definition) is 4. The molecule has 0 bridgehead atoms. The van der Waals surface area contributed by atoms with E-state index in [4.69, 9.17) is 9.47 Å². The molecule has 2 aliphatic heterocycles. The van der Waals surface area contributed by atoms with E-state index in [1.807, 2.05) is 24.3 Å². The normalized spacial score (nSPS) is 23.0. The minimum atomic E-state index is -0.116. The van der Waals surface area contributed by atoms with Gasteiger partial charge in [-0.2, -0.15) is 0 Å². The summed E-state index contributed by atoms with van der Waals surface area (Å²) in [7, 11) is 0. The number of rotatable bonds is 4. The molecule has 2 aliphatic rings. The molecule has 138 valence electrons. The monoisotopic (exact) mass is 347 g/mol. The van der Waals surface area contributed by atoms with E-state index in [0.29, 0.717) is 13.2 Å². The minimum absolute atomic E-state index is 0.000944. The first-order valence-corrected chi connectivity index (χ1v) is 9.16. The third-order valence-corrected chi connectivity index (χ3v) is 4.71. The Morgan fingerprint density at radius 3 is 3.00 bits per heavy atom. The summed E-state index contributed by atoms with van der Waals surface area (Å²) in [5, 5.41) is 6.08. The van der Waals surface area contributed by atoms with Crippen LogP contribution in [0.15, 0.2) is 24.3 Å². The summed E-state index contributed by atoms with van der Waals surface area (Å²) in [4.78, 5) is 14.6. The number of nitrogens with one attached hydrogen (secondary N) is 2. The Balaban J connectivity index is 1.46. The first kappa shape index (κ1) is 18.0. The summed E-state index contributed by atoms with van der Waals surface area (Å²) >= 11 is 0. The van der Waals surface area contributed by atoms with Crippen molar-refractivity contribution >= 4 is 6.03 Å². The highest BCUT2D eigenvalue weighted by atomic mass is 16.5. The Kier molecular flexibility index (Phi) is 5.81. The van der Waals surface area contributed by atoms with Gasteiger partial charge in [0.1, 0.15) is 5.75 Å². The van der Waals surface area contributed by atoms with E-state index in [-0.39, 0.29) is 17.7 Å². The van der Waals surface area contributed by atoms with Crippen LogP contribution in [0.2, 0.25) is 0 Å². The Bertz CT molecular complexity index is 591. The van der Waals surface area contributed by atoms with Crippen molar-refractivity contribution in [3.63, 3.8) is 0 Å². The standard InChI is InChI=1S/C19H29N3O3/c1-19(2)14-22(11-13-25-19)10-9-20-18(23)21-16-7-5-12-24-17-8-4-3-6-15(16)17/h3-4,6,8,16H,5,7,9-14H2,1-2H3,(H2,20,21,23). The number of urea groups is 1. The summed E-state index contributed by atoms with van der Waals surface area (Å²) < 4.78 is 11.5. The Morgan fingerprint density at radius 1 is 1.32 bits per heavy atom. The van der Waals surface area contributed by atoms with Gasteiger partial charge in [-0.05, 0) is 32.8 Å². The predicted molar refractivity (Wildman–Crippen MR) is 96.9 cm³/mol. The number of hydrogen-bond donors (Lipinski definition) is 2. The molecule has 1 aromatic rings. The lowest BCUT2D eigenvalue weighted by Gasteiger charge is -2.38. The molecule has 1 atom stereocenters. The molecule has 0 aliphatic carbocycles. The highest BCUT2D eigenvalue weighted by Gasteiger charge is 2.27. The lowest BCUT2D eigenvalue weighted by molar-refractivity contribution is -0.0852. The second-order valence-corrected chi connectivity index (χ2v) is 7.37. The van der Waals surface area contributed by atoms with Crippen LogP contribution in [0.3, 0.4) is 0 Å². The third kappa shape index (κ3) is 5.09. The van der Waals surface area contributed by atoms with E-state index in [1.165, 1.54) is 0 Å². The number of fused-ring (bicyclic) bond motifs is 1. The fraction of sp³-hybridized carbons (Fsp3) is 0.632. The maximum absolute atomic E-state index is 12.3. The van der Waals surface area contributed by atoms with Crippen molar-refractivity contribution < 1.29 is 14.3 Å². The SMILES string of the molecule is CC1(C)CN(CCNC(=O)NC2CCCOc3ccccc32)CCO1. The van der Waals surface area contributed by atoms with E-state index in [0.717, 1.165) is 50.4 Å². The molecule has 2 amide bonds. The first-order chi connectivity index (χ1) is 12.0. The zero-order valence-corrected chi connectivity index (χ0v) is 15.2. The molecule has 3 rings (SSSR count). The van der Waals surface area contributed by atoms with Crippen molar-refractivity contribution in [2.24, 2.45) is 0 Å². The van der Waals surface area contributed by atoms with Crippen LogP contribution in [0.1, 0.15) is 38.3 Å². The maximum atomic E-state index is 12.3. The number of morpholine rings is 1. The van der Waals surface area contributed by atoms with Gasteiger partial charge in [0.25, 0.3) is 0 Å². The molecule has 1 saturated heterocycles. The van der Waals surface area contributed by atoms with Crippen LogP contribution in [-0.4, -0.2) is 55.9 Å². The lowest BCUT2D eigenvalue weighted by atomic mass is 10.0. The maximum Gasteiger partial charge on any atom is 0.315 e. The zero-order chi connectivity index (χ0) is 17.7. The number of nitrogens with zero attached hydrogens (tertiary/aromatic N) is 1. The minimum Gasteiger partial charge on any atom is -0.493 e. The molecule has 1 fully saturated rings. The van der Waals surface area contributed by atoms with Crippen molar-refractivity contribution in [2.45, 2.75) is 38.3 Å². The van der Waals surface area contributed by atoms with E-state index in [2.05, 4.69) is 29.4 Å². The summed E-state index contributed by atoms with van der Waals surface area (Å²) in [5.41, 5.74) is 0.954. The molecule has 1 unspecified atom stereocenters. The largest absolute Gasteiger partial charge is 0.493 e. The van der Waals surface area contributed by atoms with Gasteiger partial charge in [-0.25, -0.2) is 4.79 Å². The second kappa shape index (κ2) is 8.06. The van der Waals surface area contributed by atoms with Crippen LogP contribution in [0.4, 0.5) is 4.79 Å². The van der Waals surface area contributed by atoms with Crippen LogP contribution in [0.25, 0.3) is 0 Å². The Hall–Kier alpha value is -1.79. The first-order valence-electron chi connectivity index (χ1n) is 9.16. The summed E-state index contributed by atoms with van der Waals surface area (Å²) in [5.74, 6) is 0.876. The van der Waals surface area contributed by atoms with Crippen LogP contribution < -0.4 is 15.4 Å². The number of carbonyl (C=O) groups excluding carboxylic acids is 1. The molecule has 6 heteroatoms. The van der Waals surface area contributed by atoms with Crippen molar-refractivity contribution in [3.05, 3.63) is 29.8 Å². The van der Waals surface area contributed by atoms with Gasteiger partial charge in [-0.3, -0.25) is 4.90 Å². The van der Waals surface area contributed by atoms with E-state index >= 15 is 0 Å². The average Bonchev–Trinajstić information content (AvgIpc) is 2.77. The van der Waals surface area contributed by atoms with Crippen molar-refractivity contribution in [1.29, 1.82) is 0 Å². The van der Waals surface area contributed by atoms with Crippen LogP contribution >= 0.6 is 0 Å². The molecule has 2 heterocycles. The molecule has 6 nitrogen and oxygen atoms in total. The van der Waals surface area contributed by atoms with E-state index in [1.54, 1.807) is 0 Å². The molecular weight excluding hydrogens is 318 g/mol. The molecular formula is C19H29N3O3. The summed E-state index contributed by atoms with van der Waals surface area (Å²) in [6.07, 6.45) is 1.82. The van der Waals surface area contributed by atoms with Gasteiger partial charge in [-0.15, -0.1) is 0 Å². The van der Waals surface area contributed by atoms with Gasteiger partial charge in [-0.1, -0.05) is 18.2 Å². The van der Waals surface area contributed by atoms with Crippen molar-refractivity contribution in [2.75, 3.05) is 39.4 Å². The molecule has 0 radical (unpaired) electrons. The highest BCUT2D eigenvalue weighted by Crippen LogP contribution is 2.30. The van der Waals surface area contributed by atoms with Crippen molar-refractivity contribution in [3.8, 4) is 5.75 Å². The molecule has 0 spiro atoms. The number of carbonyl (C=O) groups is 1. The highest BCUT2D eigenvalue weighted by molar-refractivity contribution is 5.74. The Labute approximate surface area is 149 Å². The van der Waals surface area contributed by atoms with Gasteiger partial charge >= 0.3 is 6.03 Å². The molecule has 0 saturated carbocycles. The Morgan fingerprint density at radius 2 is 2.16 bits per heavy atom. The van der Waals surface area contributed by atoms with Gasteiger partial charge < -0.3 is 20.1 Å². The van der Waals surface area contributed by atoms with E-state index in [9.17, 15) is 4.79 Å². The lowest BCUT2D eigenvalue weighted by Crippen LogP contribution is -2.50. The number of amides is 2. The quantitative estimate of drug-likeness (QED) is 0.877. The fourth-order valence-electron chi connectivity index (χ4n) is 3.52.